The Morgan fingerprint density at radius 2 is 1.76 bits per heavy atom. The Bertz CT molecular complexity index is 415. The Morgan fingerprint density at radius 1 is 1.18 bits per heavy atom. The van der Waals surface area contributed by atoms with Crippen LogP contribution in [-0.2, 0) is 4.79 Å². The predicted molar refractivity (Wildman–Crippen MR) is 63.6 cm³/mol. The van der Waals surface area contributed by atoms with Crippen LogP contribution in [-0.4, -0.2) is 26.2 Å². The molecule has 1 rings (SSSR count). The molecule has 0 radical (unpaired) electrons. The molecule has 0 amide bonds. The Balaban J connectivity index is 3.08. The fourth-order valence-corrected chi connectivity index (χ4v) is 1.30. The third-order valence-electron chi connectivity index (χ3n) is 2.26. The van der Waals surface area contributed by atoms with Gasteiger partial charge in [0.25, 0.3) is 0 Å². The van der Waals surface area contributed by atoms with Gasteiger partial charge in [0.1, 0.15) is 11.8 Å². The van der Waals surface area contributed by atoms with Gasteiger partial charge in [0.05, 0.1) is 14.2 Å². The highest BCUT2D eigenvalue weighted by atomic mass is 16.6. The van der Waals surface area contributed by atoms with Crippen molar-refractivity contribution in [2.24, 2.45) is 5.73 Å². The number of carbonyl (C=O) groups is 1. The van der Waals surface area contributed by atoms with E-state index >= 15 is 0 Å². The molecule has 1 aromatic rings. The minimum absolute atomic E-state index is 0.303. The van der Waals surface area contributed by atoms with Gasteiger partial charge in [0.15, 0.2) is 11.5 Å². The number of rotatable bonds is 4. The summed E-state index contributed by atoms with van der Waals surface area (Å²) in [6.07, 6.45) is 0. The molecule has 0 aliphatic rings. The quantitative estimate of drug-likeness (QED) is 0.632. The van der Waals surface area contributed by atoms with Gasteiger partial charge in [-0.25, -0.2) is 4.79 Å². The average Bonchev–Trinajstić information content (AvgIpc) is 2.30. The van der Waals surface area contributed by atoms with Crippen LogP contribution >= 0.6 is 0 Å². The maximum absolute atomic E-state index is 11.4. The third kappa shape index (κ3) is 3.10. The van der Waals surface area contributed by atoms with Crippen molar-refractivity contribution in [2.45, 2.75) is 19.9 Å². The summed E-state index contributed by atoms with van der Waals surface area (Å²) >= 11 is 0. The Morgan fingerprint density at radius 3 is 2.24 bits per heavy atom. The maximum Gasteiger partial charge on any atom is 0.328 e. The number of esters is 1. The van der Waals surface area contributed by atoms with Gasteiger partial charge >= 0.3 is 5.97 Å². The first-order valence-electron chi connectivity index (χ1n) is 5.19. The van der Waals surface area contributed by atoms with Crippen LogP contribution in [0.25, 0.3) is 0 Å². The highest BCUT2D eigenvalue weighted by Gasteiger charge is 2.16. The number of benzene rings is 1. The molecule has 5 heteroatoms. The number of aryl methyl sites for hydroxylation is 1. The Hall–Kier alpha value is -1.75. The van der Waals surface area contributed by atoms with Gasteiger partial charge in [-0.05, 0) is 25.5 Å². The van der Waals surface area contributed by atoms with Crippen LogP contribution < -0.4 is 19.9 Å². The van der Waals surface area contributed by atoms with E-state index < -0.39 is 12.0 Å². The summed E-state index contributed by atoms with van der Waals surface area (Å²) in [5, 5.41) is 0. The number of ether oxygens (including phenoxy) is 3. The van der Waals surface area contributed by atoms with E-state index in [9.17, 15) is 4.79 Å². The van der Waals surface area contributed by atoms with E-state index in [1.165, 1.54) is 7.11 Å². The molecular formula is C12H17NO4. The zero-order valence-electron chi connectivity index (χ0n) is 10.4. The summed E-state index contributed by atoms with van der Waals surface area (Å²) in [7, 11) is 3.05. The number of carbonyl (C=O) groups excluding carboxylic acids is 1. The second-order valence-corrected chi connectivity index (χ2v) is 3.68. The molecule has 0 aliphatic carbocycles. The molecule has 1 atom stereocenters. The smallest absolute Gasteiger partial charge is 0.328 e. The van der Waals surface area contributed by atoms with E-state index in [0.29, 0.717) is 17.2 Å². The van der Waals surface area contributed by atoms with Crippen LogP contribution in [0.3, 0.4) is 0 Å². The minimum atomic E-state index is -0.688. The summed E-state index contributed by atoms with van der Waals surface area (Å²) in [4.78, 5) is 11.4. The van der Waals surface area contributed by atoms with Crippen molar-refractivity contribution < 1.29 is 19.0 Å². The van der Waals surface area contributed by atoms with Gasteiger partial charge in [0.2, 0.25) is 0 Å². The lowest BCUT2D eigenvalue weighted by molar-refractivity contribution is -0.135. The lowest BCUT2D eigenvalue weighted by Gasteiger charge is -2.13. The van der Waals surface area contributed by atoms with Gasteiger partial charge in [0, 0.05) is 6.07 Å². The molecule has 94 valence electrons. The molecule has 0 aromatic heterocycles. The van der Waals surface area contributed by atoms with Gasteiger partial charge in [-0.15, -0.1) is 0 Å². The number of nitrogens with two attached hydrogens (primary N) is 1. The molecule has 0 saturated heterocycles. The molecular weight excluding hydrogens is 222 g/mol. The second-order valence-electron chi connectivity index (χ2n) is 3.68. The topological polar surface area (TPSA) is 70.8 Å². The first-order valence-corrected chi connectivity index (χ1v) is 5.19. The fourth-order valence-electron chi connectivity index (χ4n) is 1.30. The van der Waals surface area contributed by atoms with Gasteiger partial charge < -0.3 is 19.9 Å². The first-order chi connectivity index (χ1) is 7.99. The van der Waals surface area contributed by atoms with E-state index in [-0.39, 0.29) is 0 Å². The van der Waals surface area contributed by atoms with E-state index in [4.69, 9.17) is 19.9 Å². The van der Waals surface area contributed by atoms with Crippen LogP contribution in [0, 0.1) is 6.92 Å². The molecule has 0 fully saturated rings. The second kappa shape index (κ2) is 5.54. The summed E-state index contributed by atoms with van der Waals surface area (Å²) in [5.41, 5.74) is 6.32. The molecule has 2 N–H and O–H groups in total. The fraction of sp³-hybridized carbons (Fsp3) is 0.417. The van der Waals surface area contributed by atoms with Crippen LogP contribution in [0.4, 0.5) is 0 Å². The van der Waals surface area contributed by atoms with Crippen LogP contribution in [0.5, 0.6) is 17.2 Å². The van der Waals surface area contributed by atoms with Crippen LogP contribution in [0.15, 0.2) is 12.1 Å². The van der Waals surface area contributed by atoms with Crippen molar-refractivity contribution in [3.63, 3.8) is 0 Å². The molecule has 0 spiro atoms. The third-order valence-corrected chi connectivity index (χ3v) is 2.26. The first kappa shape index (κ1) is 13.3. The normalized spacial score (nSPS) is 11.8. The largest absolute Gasteiger partial charge is 0.496 e. The highest BCUT2D eigenvalue weighted by Crippen LogP contribution is 2.34. The zero-order chi connectivity index (χ0) is 13.0. The lowest BCUT2D eigenvalue weighted by atomic mass is 10.2. The molecule has 17 heavy (non-hydrogen) atoms. The number of hydrogen-bond acceptors (Lipinski definition) is 5. The highest BCUT2D eigenvalue weighted by molar-refractivity contribution is 5.78. The average molecular weight is 239 g/mol. The Labute approximate surface area is 100 Å². The van der Waals surface area contributed by atoms with E-state index in [2.05, 4.69) is 0 Å². The molecule has 1 aromatic carbocycles. The summed E-state index contributed by atoms with van der Waals surface area (Å²) in [6, 6.07) is 2.66. The predicted octanol–water partition coefficient (Wildman–Crippen LogP) is 1.26. The molecule has 0 saturated carbocycles. The van der Waals surface area contributed by atoms with E-state index in [0.717, 1.165) is 5.56 Å². The SMILES string of the molecule is COc1cc(OC(=O)[C@H](C)N)c(OC)cc1C. The Kier molecular flexibility index (Phi) is 4.34. The standard InChI is InChI=1S/C12H17NO4/c1-7-5-10(16-4)11(6-9(7)15-3)17-12(14)8(2)13/h5-6,8H,13H2,1-4H3/t8-/m0/s1. The van der Waals surface area contributed by atoms with Crippen molar-refractivity contribution in [1.29, 1.82) is 0 Å². The summed E-state index contributed by atoms with van der Waals surface area (Å²) < 4.78 is 15.4. The van der Waals surface area contributed by atoms with Crippen molar-refractivity contribution in [1.82, 2.24) is 0 Å². The maximum atomic E-state index is 11.4. The molecule has 0 aliphatic heterocycles. The van der Waals surface area contributed by atoms with Crippen LogP contribution in [0.2, 0.25) is 0 Å². The molecule has 0 heterocycles. The molecule has 5 nitrogen and oxygen atoms in total. The van der Waals surface area contributed by atoms with Crippen molar-refractivity contribution in [3.05, 3.63) is 17.7 Å². The zero-order valence-corrected chi connectivity index (χ0v) is 10.4. The van der Waals surface area contributed by atoms with Crippen molar-refractivity contribution >= 4 is 5.97 Å². The van der Waals surface area contributed by atoms with Crippen molar-refractivity contribution in [2.75, 3.05) is 14.2 Å². The van der Waals surface area contributed by atoms with Gasteiger partial charge in [-0.1, -0.05) is 0 Å². The van der Waals surface area contributed by atoms with Crippen molar-refractivity contribution in [3.8, 4) is 17.2 Å². The summed E-state index contributed by atoms with van der Waals surface area (Å²) in [5.74, 6) is 0.877. The minimum Gasteiger partial charge on any atom is -0.496 e. The van der Waals surface area contributed by atoms with Gasteiger partial charge in [-0.2, -0.15) is 0 Å². The van der Waals surface area contributed by atoms with Gasteiger partial charge in [-0.3, -0.25) is 0 Å². The molecule has 0 bridgehead atoms. The monoisotopic (exact) mass is 239 g/mol. The summed E-state index contributed by atoms with van der Waals surface area (Å²) in [6.45, 7) is 3.43. The van der Waals surface area contributed by atoms with Crippen LogP contribution in [0.1, 0.15) is 12.5 Å². The van der Waals surface area contributed by atoms with E-state index in [1.807, 2.05) is 6.92 Å². The number of hydrogen-bond donors (Lipinski definition) is 1. The number of methoxy groups -OCH3 is 2. The lowest BCUT2D eigenvalue weighted by Crippen LogP contribution is -2.31. The molecule has 0 unspecified atom stereocenters. The van der Waals surface area contributed by atoms with E-state index in [1.54, 1.807) is 26.2 Å².